The molecule has 3 heteroatoms. The molecule has 0 amide bonds. The lowest BCUT2D eigenvalue weighted by molar-refractivity contribution is -0.0357. The van der Waals surface area contributed by atoms with Crippen molar-refractivity contribution in [2.75, 3.05) is 26.3 Å². The Hall–Kier alpha value is -0.380. The maximum atomic E-state index is 9.19. The van der Waals surface area contributed by atoms with E-state index in [2.05, 4.69) is 18.4 Å². The van der Waals surface area contributed by atoms with Gasteiger partial charge in [0.1, 0.15) is 0 Å². The van der Waals surface area contributed by atoms with Gasteiger partial charge < -0.3 is 9.84 Å². The van der Waals surface area contributed by atoms with Crippen molar-refractivity contribution in [3.63, 3.8) is 0 Å². The van der Waals surface area contributed by atoms with Crippen LogP contribution in [0.15, 0.2) is 12.2 Å². The van der Waals surface area contributed by atoms with E-state index >= 15 is 0 Å². The van der Waals surface area contributed by atoms with E-state index in [0.717, 1.165) is 25.3 Å². The minimum Gasteiger partial charge on any atom is -0.394 e. The molecule has 0 aromatic carbocycles. The standard InChI is InChI=1S/C10H19NO2/c1-8(2)10(7-12)11-4-5-13-9(3)6-11/h9-10,12H,1,4-7H2,2-3H3. The molecule has 0 saturated carbocycles. The van der Waals surface area contributed by atoms with Crippen molar-refractivity contribution in [3.05, 3.63) is 12.2 Å². The first-order chi connectivity index (χ1) is 6.15. The average molecular weight is 185 g/mol. The molecular formula is C10H19NO2. The number of nitrogens with zero attached hydrogens (tertiary/aromatic N) is 1. The zero-order valence-electron chi connectivity index (χ0n) is 8.49. The fourth-order valence-corrected chi connectivity index (χ4v) is 1.71. The Kier molecular flexibility index (Phi) is 3.90. The third kappa shape index (κ3) is 2.79. The van der Waals surface area contributed by atoms with Gasteiger partial charge in [-0.05, 0) is 13.8 Å². The highest BCUT2D eigenvalue weighted by Crippen LogP contribution is 2.13. The van der Waals surface area contributed by atoms with Crippen LogP contribution in [-0.4, -0.2) is 48.5 Å². The molecular weight excluding hydrogens is 166 g/mol. The number of aliphatic hydroxyl groups excluding tert-OH is 1. The largest absolute Gasteiger partial charge is 0.394 e. The van der Waals surface area contributed by atoms with Crippen LogP contribution in [0.4, 0.5) is 0 Å². The fourth-order valence-electron chi connectivity index (χ4n) is 1.71. The summed E-state index contributed by atoms with van der Waals surface area (Å²) in [5.74, 6) is 0. The van der Waals surface area contributed by atoms with Gasteiger partial charge in [0, 0.05) is 13.1 Å². The van der Waals surface area contributed by atoms with Crippen molar-refractivity contribution in [3.8, 4) is 0 Å². The molecule has 1 aliphatic heterocycles. The van der Waals surface area contributed by atoms with Crippen molar-refractivity contribution in [1.82, 2.24) is 4.90 Å². The van der Waals surface area contributed by atoms with E-state index in [0.29, 0.717) is 0 Å². The first-order valence-corrected chi connectivity index (χ1v) is 4.77. The van der Waals surface area contributed by atoms with E-state index < -0.39 is 0 Å². The lowest BCUT2D eigenvalue weighted by Crippen LogP contribution is -2.48. The van der Waals surface area contributed by atoms with Gasteiger partial charge in [0.2, 0.25) is 0 Å². The van der Waals surface area contributed by atoms with Crippen LogP contribution in [-0.2, 0) is 4.74 Å². The molecule has 13 heavy (non-hydrogen) atoms. The second kappa shape index (κ2) is 4.74. The van der Waals surface area contributed by atoms with Crippen LogP contribution in [0.3, 0.4) is 0 Å². The first kappa shape index (κ1) is 10.7. The van der Waals surface area contributed by atoms with Gasteiger partial charge in [0.25, 0.3) is 0 Å². The van der Waals surface area contributed by atoms with E-state index in [1.165, 1.54) is 0 Å². The van der Waals surface area contributed by atoms with E-state index in [-0.39, 0.29) is 18.8 Å². The topological polar surface area (TPSA) is 32.7 Å². The molecule has 0 aliphatic carbocycles. The second-order valence-corrected chi connectivity index (χ2v) is 3.72. The Morgan fingerprint density at radius 3 is 2.92 bits per heavy atom. The van der Waals surface area contributed by atoms with Crippen LogP contribution in [0, 0.1) is 0 Å². The molecule has 0 aromatic heterocycles. The summed E-state index contributed by atoms with van der Waals surface area (Å²) in [4.78, 5) is 2.23. The SMILES string of the molecule is C=C(C)C(CO)N1CCOC(C)C1. The molecule has 0 spiro atoms. The highest BCUT2D eigenvalue weighted by atomic mass is 16.5. The summed E-state index contributed by atoms with van der Waals surface area (Å²) in [5, 5.41) is 9.19. The van der Waals surface area contributed by atoms with Crippen molar-refractivity contribution in [2.24, 2.45) is 0 Å². The summed E-state index contributed by atoms with van der Waals surface area (Å²) in [5.41, 5.74) is 1.02. The summed E-state index contributed by atoms with van der Waals surface area (Å²) in [6.45, 7) is 10.6. The van der Waals surface area contributed by atoms with E-state index in [9.17, 15) is 5.11 Å². The molecule has 1 saturated heterocycles. The number of hydrogen-bond donors (Lipinski definition) is 1. The van der Waals surface area contributed by atoms with Crippen LogP contribution in [0.2, 0.25) is 0 Å². The molecule has 76 valence electrons. The predicted molar refractivity (Wildman–Crippen MR) is 52.7 cm³/mol. The minimum absolute atomic E-state index is 0.103. The van der Waals surface area contributed by atoms with Crippen molar-refractivity contribution in [2.45, 2.75) is 26.0 Å². The lowest BCUT2D eigenvalue weighted by atomic mass is 10.1. The Bertz CT molecular complexity index is 182. The monoisotopic (exact) mass is 185 g/mol. The molecule has 0 aromatic rings. The van der Waals surface area contributed by atoms with Crippen LogP contribution >= 0.6 is 0 Å². The maximum Gasteiger partial charge on any atom is 0.0674 e. The summed E-state index contributed by atoms with van der Waals surface area (Å²) < 4.78 is 5.43. The smallest absolute Gasteiger partial charge is 0.0674 e. The molecule has 0 bridgehead atoms. The summed E-state index contributed by atoms with van der Waals surface area (Å²) in [7, 11) is 0. The van der Waals surface area contributed by atoms with Crippen molar-refractivity contribution < 1.29 is 9.84 Å². The number of aliphatic hydroxyl groups is 1. The van der Waals surface area contributed by atoms with Crippen LogP contribution in [0.5, 0.6) is 0 Å². The van der Waals surface area contributed by atoms with Crippen molar-refractivity contribution in [1.29, 1.82) is 0 Å². The Morgan fingerprint density at radius 1 is 1.77 bits per heavy atom. The van der Waals surface area contributed by atoms with Crippen LogP contribution in [0.25, 0.3) is 0 Å². The lowest BCUT2D eigenvalue weighted by Gasteiger charge is -2.36. The Morgan fingerprint density at radius 2 is 2.46 bits per heavy atom. The molecule has 2 atom stereocenters. The number of morpholine rings is 1. The van der Waals surface area contributed by atoms with Gasteiger partial charge >= 0.3 is 0 Å². The normalized spacial score (nSPS) is 27.2. The van der Waals surface area contributed by atoms with Crippen molar-refractivity contribution >= 4 is 0 Å². The number of ether oxygens (including phenoxy) is 1. The van der Waals surface area contributed by atoms with E-state index in [1.54, 1.807) is 0 Å². The molecule has 3 nitrogen and oxygen atoms in total. The molecule has 1 aliphatic rings. The Labute approximate surface area is 80.0 Å². The summed E-state index contributed by atoms with van der Waals surface area (Å²) in [6, 6.07) is 0.103. The summed E-state index contributed by atoms with van der Waals surface area (Å²) in [6.07, 6.45) is 0.266. The zero-order chi connectivity index (χ0) is 9.84. The quantitative estimate of drug-likeness (QED) is 0.655. The van der Waals surface area contributed by atoms with Gasteiger partial charge in [-0.3, -0.25) is 4.90 Å². The number of rotatable bonds is 3. The van der Waals surface area contributed by atoms with Crippen LogP contribution in [0.1, 0.15) is 13.8 Å². The molecule has 0 radical (unpaired) electrons. The molecule has 1 rings (SSSR count). The third-order valence-electron chi connectivity index (χ3n) is 2.46. The predicted octanol–water partition coefficient (Wildman–Crippen LogP) is 0.644. The average Bonchev–Trinajstić information content (AvgIpc) is 2.04. The maximum absolute atomic E-state index is 9.19. The highest BCUT2D eigenvalue weighted by Gasteiger charge is 2.23. The third-order valence-corrected chi connectivity index (χ3v) is 2.46. The second-order valence-electron chi connectivity index (χ2n) is 3.72. The van der Waals surface area contributed by atoms with Gasteiger partial charge in [-0.2, -0.15) is 0 Å². The zero-order valence-corrected chi connectivity index (χ0v) is 8.49. The molecule has 1 fully saturated rings. The molecule has 1 N–H and O–H groups in total. The molecule has 1 heterocycles. The van der Waals surface area contributed by atoms with Gasteiger partial charge in [0.05, 0.1) is 25.4 Å². The fraction of sp³-hybridized carbons (Fsp3) is 0.800. The first-order valence-electron chi connectivity index (χ1n) is 4.77. The van der Waals surface area contributed by atoms with Gasteiger partial charge in [-0.1, -0.05) is 12.2 Å². The summed E-state index contributed by atoms with van der Waals surface area (Å²) >= 11 is 0. The van der Waals surface area contributed by atoms with Gasteiger partial charge in [0.15, 0.2) is 0 Å². The van der Waals surface area contributed by atoms with Gasteiger partial charge in [-0.25, -0.2) is 0 Å². The molecule has 2 unspecified atom stereocenters. The van der Waals surface area contributed by atoms with E-state index in [1.807, 2.05) is 6.92 Å². The Balaban J connectivity index is 2.52. The van der Waals surface area contributed by atoms with Crippen LogP contribution < -0.4 is 0 Å². The van der Waals surface area contributed by atoms with E-state index in [4.69, 9.17) is 4.74 Å². The minimum atomic E-state index is 0.103. The highest BCUT2D eigenvalue weighted by molar-refractivity contribution is 5.03. The number of hydrogen-bond acceptors (Lipinski definition) is 3. The van der Waals surface area contributed by atoms with Gasteiger partial charge in [-0.15, -0.1) is 0 Å².